The first kappa shape index (κ1) is 2.57. The Bertz CT molecular complexity index is 63.0. The molecule has 25 valence electrons. The Labute approximate surface area is 30.2 Å². The monoisotopic (exact) mass is 67.0 g/mol. The van der Waals surface area contributed by atoms with Crippen LogP contribution in [0.5, 0.6) is 0 Å². The van der Waals surface area contributed by atoms with Crippen molar-refractivity contribution in [3.8, 4) is 0 Å². The predicted molar refractivity (Wildman–Crippen MR) is 17.5 cm³/mol. The van der Waals surface area contributed by atoms with Crippen molar-refractivity contribution in [2.24, 2.45) is 10.2 Å². The molecule has 0 spiro atoms. The largest absolute Gasteiger partial charge is 0.184 e. The first-order chi connectivity index (χ1) is 2.50. The molecule has 0 aromatic rings. The van der Waals surface area contributed by atoms with Gasteiger partial charge >= 0.3 is 0 Å². The van der Waals surface area contributed by atoms with Crippen molar-refractivity contribution in [3.05, 3.63) is 12.3 Å². The molecule has 0 aromatic heterocycles. The van der Waals surface area contributed by atoms with E-state index in [1.807, 2.05) is 0 Å². The summed E-state index contributed by atoms with van der Waals surface area (Å²) in [5, 5.41) is 7.01. The molecule has 0 bridgehead atoms. The normalized spacial score (nSPS) is 17.6. The highest BCUT2D eigenvalue weighted by Crippen LogP contribution is 1.85. The van der Waals surface area contributed by atoms with Gasteiger partial charge in [0, 0.05) is 6.08 Å². The molecule has 2 heteroatoms. The van der Waals surface area contributed by atoms with Crippen LogP contribution in [-0.2, 0) is 0 Å². The molecule has 0 saturated heterocycles. The Morgan fingerprint density at radius 2 is 2.80 bits per heavy atom. The van der Waals surface area contributed by atoms with Crippen LogP contribution in [-0.4, -0.2) is 6.54 Å². The molecular formula is C3H3N2. The van der Waals surface area contributed by atoms with E-state index >= 15 is 0 Å². The summed E-state index contributed by atoms with van der Waals surface area (Å²) in [4.78, 5) is 0. The lowest BCUT2D eigenvalue weighted by Crippen LogP contribution is -1.54. The van der Waals surface area contributed by atoms with E-state index in [-0.39, 0.29) is 0 Å². The van der Waals surface area contributed by atoms with Crippen LogP contribution in [0.15, 0.2) is 16.4 Å². The second kappa shape index (κ2) is 0.971. The Balaban J connectivity index is 2.61. The van der Waals surface area contributed by atoms with Crippen LogP contribution in [0.1, 0.15) is 0 Å². The number of rotatable bonds is 0. The summed E-state index contributed by atoms with van der Waals surface area (Å²) < 4.78 is 0. The molecule has 0 atom stereocenters. The fraction of sp³-hybridized carbons (Fsp3) is 0.333. The van der Waals surface area contributed by atoms with Gasteiger partial charge in [-0.3, -0.25) is 0 Å². The zero-order chi connectivity index (χ0) is 3.54. The van der Waals surface area contributed by atoms with Crippen LogP contribution in [0.2, 0.25) is 0 Å². The number of nitrogens with zero attached hydrogens (tertiary/aromatic N) is 2. The van der Waals surface area contributed by atoms with Crippen LogP contribution in [0.4, 0.5) is 0 Å². The molecule has 0 fully saturated rings. The zero-order valence-electron chi connectivity index (χ0n) is 2.68. The Morgan fingerprint density at radius 1 is 1.80 bits per heavy atom. The van der Waals surface area contributed by atoms with E-state index < -0.39 is 0 Å². The molecule has 0 aliphatic carbocycles. The van der Waals surface area contributed by atoms with Gasteiger partial charge in [0.15, 0.2) is 0 Å². The van der Waals surface area contributed by atoms with Gasteiger partial charge < -0.3 is 0 Å². The van der Waals surface area contributed by atoms with Crippen LogP contribution >= 0.6 is 0 Å². The average Bonchev–Trinajstić information content (AvgIpc) is 1.76. The first-order valence-electron chi connectivity index (χ1n) is 1.42. The van der Waals surface area contributed by atoms with Gasteiger partial charge in [0.1, 0.15) is 0 Å². The smallest absolute Gasteiger partial charge is 0.0872 e. The summed E-state index contributed by atoms with van der Waals surface area (Å²) in [6.45, 7) is 0.653. The van der Waals surface area contributed by atoms with Crippen molar-refractivity contribution in [1.29, 1.82) is 0 Å². The van der Waals surface area contributed by atoms with Gasteiger partial charge in [-0.25, -0.2) is 0 Å². The fourth-order valence-corrected chi connectivity index (χ4v) is 0.204. The number of hydrogen-bond donors (Lipinski definition) is 0. The lowest BCUT2D eigenvalue weighted by atomic mass is 10.7. The molecule has 0 N–H and O–H groups in total. The van der Waals surface area contributed by atoms with E-state index in [2.05, 4.69) is 16.3 Å². The van der Waals surface area contributed by atoms with Gasteiger partial charge in [0.05, 0.1) is 12.7 Å². The summed E-state index contributed by atoms with van der Waals surface area (Å²) in [5.74, 6) is 0. The Kier molecular flexibility index (Phi) is 0.499. The van der Waals surface area contributed by atoms with Gasteiger partial charge in [-0.05, 0) is 0 Å². The standard InChI is InChI=1S/C3H3N2/c1-2-4-5-3-1/h2H,3H2. The van der Waals surface area contributed by atoms with Crippen LogP contribution in [0, 0.1) is 6.08 Å². The lowest BCUT2D eigenvalue weighted by Gasteiger charge is -1.55. The van der Waals surface area contributed by atoms with E-state index in [9.17, 15) is 0 Å². The molecule has 2 nitrogen and oxygen atoms in total. The molecule has 0 amide bonds. The molecular weight excluding hydrogens is 64.0 g/mol. The molecule has 1 rings (SSSR count). The summed E-state index contributed by atoms with van der Waals surface area (Å²) in [7, 11) is 0. The fourth-order valence-electron chi connectivity index (χ4n) is 0.204. The van der Waals surface area contributed by atoms with Gasteiger partial charge in [0.2, 0.25) is 0 Å². The van der Waals surface area contributed by atoms with E-state index in [0.29, 0.717) is 6.54 Å². The summed E-state index contributed by atoms with van der Waals surface area (Å²) >= 11 is 0. The van der Waals surface area contributed by atoms with Crippen molar-refractivity contribution < 1.29 is 0 Å². The third kappa shape index (κ3) is 0.318. The Morgan fingerprint density at radius 3 is 3.00 bits per heavy atom. The number of hydrogen-bond acceptors (Lipinski definition) is 2. The third-order valence-corrected chi connectivity index (χ3v) is 0.393. The van der Waals surface area contributed by atoms with Crippen molar-refractivity contribution in [3.63, 3.8) is 0 Å². The van der Waals surface area contributed by atoms with E-state index in [0.717, 1.165) is 0 Å². The van der Waals surface area contributed by atoms with E-state index in [4.69, 9.17) is 0 Å². The van der Waals surface area contributed by atoms with Gasteiger partial charge in [-0.2, -0.15) is 10.2 Å². The summed E-state index contributed by atoms with van der Waals surface area (Å²) in [6.07, 6.45) is 4.33. The minimum atomic E-state index is 0.653. The van der Waals surface area contributed by atoms with Crippen molar-refractivity contribution in [1.82, 2.24) is 0 Å². The minimum Gasteiger partial charge on any atom is -0.184 e. The SMILES string of the molecule is [C]1=CN=NC1. The predicted octanol–water partition coefficient (Wildman–Crippen LogP) is 0.769. The van der Waals surface area contributed by atoms with E-state index in [1.54, 1.807) is 6.20 Å². The second-order valence-corrected chi connectivity index (χ2v) is 0.748. The maximum Gasteiger partial charge on any atom is 0.0872 e. The van der Waals surface area contributed by atoms with Gasteiger partial charge in [-0.1, -0.05) is 0 Å². The molecule has 5 heavy (non-hydrogen) atoms. The highest BCUT2D eigenvalue weighted by Gasteiger charge is 1.75. The minimum absolute atomic E-state index is 0.653. The molecule has 0 saturated carbocycles. The Hall–Kier alpha value is -0.660. The maximum absolute atomic E-state index is 3.54. The van der Waals surface area contributed by atoms with Gasteiger partial charge in [0.25, 0.3) is 0 Å². The highest BCUT2D eigenvalue weighted by molar-refractivity contribution is 4.75. The van der Waals surface area contributed by atoms with Crippen molar-refractivity contribution >= 4 is 0 Å². The second-order valence-electron chi connectivity index (χ2n) is 0.748. The summed E-state index contributed by atoms with van der Waals surface area (Å²) in [6, 6.07) is 0. The third-order valence-electron chi connectivity index (χ3n) is 0.393. The van der Waals surface area contributed by atoms with Crippen LogP contribution in [0.25, 0.3) is 0 Å². The van der Waals surface area contributed by atoms with Crippen molar-refractivity contribution in [2.45, 2.75) is 0 Å². The van der Waals surface area contributed by atoms with Crippen LogP contribution < -0.4 is 0 Å². The molecule has 0 unspecified atom stereocenters. The molecule has 1 radical (unpaired) electrons. The van der Waals surface area contributed by atoms with Gasteiger partial charge in [-0.15, -0.1) is 0 Å². The lowest BCUT2D eigenvalue weighted by molar-refractivity contribution is 1.13. The highest BCUT2D eigenvalue weighted by atomic mass is 15.1. The molecule has 0 aromatic carbocycles. The summed E-state index contributed by atoms with van der Waals surface area (Å²) in [5.41, 5.74) is 0. The molecule has 1 aliphatic heterocycles. The first-order valence-corrected chi connectivity index (χ1v) is 1.42. The molecule has 1 aliphatic rings. The zero-order valence-corrected chi connectivity index (χ0v) is 2.68. The van der Waals surface area contributed by atoms with Crippen LogP contribution in [0.3, 0.4) is 0 Å². The number of azo groups is 1. The maximum atomic E-state index is 3.54. The quantitative estimate of drug-likeness (QED) is 0.399. The topological polar surface area (TPSA) is 24.7 Å². The molecule has 1 heterocycles. The van der Waals surface area contributed by atoms with Crippen molar-refractivity contribution in [2.75, 3.05) is 6.54 Å². The van der Waals surface area contributed by atoms with E-state index in [1.165, 1.54) is 0 Å². The average molecular weight is 67.1 g/mol.